The second-order valence-electron chi connectivity index (χ2n) is 7.62. The molecule has 0 aliphatic carbocycles. The van der Waals surface area contributed by atoms with Crippen LogP contribution in [0, 0.1) is 0 Å². The van der Waals surface area contributed by atoms with Gasteiger partial charge in [-0.25, -0.2) is 9.59 Å². The molecule has 2 rings (SSSR count). The van der Waals surface area contributed by atoms with Gasteiger partial charge in [0.25, 0.3) is 0 Å². The van der Waals surface area contributed by atoms with Gasteiger partial charge in [-0.3, -0.25) is 10.1 Å². The summed E-state index contributed by atoms with van der Waals surface area (Å²) in [6, 6.07) is 4.61. The van der Waals surface area contributed by atoms with E-state index in [9.17, 15) is 32.7 Å². The van der Waals surface area contributed by atoms with Crippen LogP contribution in [0.3, 0.4) is 0 Å². The molecule has 2 N–H and O–H groups in total. The number of rotatable bonds is 11. The molecule has 2 aromatic rings. The van der Waals surface area contributed by atoms with Gasteiger partial charge in [-0.1, -0.05) is 6.08 Å². The molecule has 35 heavy (non-hydrogen) atoms. The molecule has 1 amide bonds. The van der Waals surface area contributed by atoms with Crippen molar-refractivity contribution in [2.75, 3.05) is 7.11 Å². The summed E-state index contributed by atoms with van der Waals surface area (Å²) in [4.78, 5) is 37.4. The molecule has 0 aliphatic rings. The molecule has 0 radical (unpaired) electrons. The Hall–Kier alpha value is -3.34. The van der Waals surface area contributed by atoms with Crippen molar-refractivity contribution in [3.8, 4) is 5.75 Å². The van der Waals surface area contributed by atoms with E-state index >= 15 is 0 Å². The molecule has 0 spiro atoms. The number of carbonyl (C=O) groups is 2. The highest BCUT2D eigenvalue weighted by Gasteiger charge is 2.26. The lowest BCUT2D eigenvalue weighted by Gasteiger charge is -2.05. The van der Waals surface area contributed by atoms with Crippen molar-refractivity contribution in [1.29, 1.82) is 0 Å². The standard InChI is InChI=1S/C24H26F3NO6S/c1-15(13-18-10-9-17(35-18)8-6-11-24(25,26)27)21(30)20-19(29)14-16(34-22(20)31)7-4-3-5-12-28-23(32)33-2/h5,9-10,12-14,29H,3-4,6-8,11H2,1-2H3,(H,28,32)/b12-5+,15-13+. The number of ketones is 1. The highest BCUT2D eigenvalue weighted by Crippen LogP contribution is 2.27. The molecule has 0 saturated carbocycles. The number of allylic oxidation sites excluding steroid dienone is 2. The maximum Gasteiger partial charge on any atom is 0.410 e. The number of alkyl halides is 3. The van der Waals surface area contributed by atoms with Crippen molar-refractivity contribution >= 4 is 29.3 Å². The van der Waals surface area contributed by atoms with Gasteiger partial charge in [0.2, 0.25) is 0 Å². The molecule has 2 heterocycles. The topological polar surface area (TPSA) is 106 Å². The van der Waals surface area contributed by atoms with Gasteiger partial charge < -0.3 is 14.3 Å². The normalized spacial score (nSPS) is 12.2. The van der Waals surface area contributed by atoms with Crippen molar-refractivity contribution in [2.24, 2.45) is 0 Å². The van der Waals surface area contributed by atoms with Crippen LogP contribution < -0.4 is 10.9 Å². The van der Waals surface area contributed by atoms with Crippen LogP contribution in [0.25, 0.3) is 6.08 Å². The second kappa shape index (κ2) is 12.9. The Morgan fingerprint density at radius 3 is 2.63 bits per heavy atom. The SMILES string of the molecule is COC(=O)N/C=C/CCCc1cc(O)c(C(=O)/C(C)=C/c2ccc(CCCC(F)(F)F)s2)c(=O)o1. The number of halogens is 3. The van der Waals surface area contributed by atoms with Crippen LogP contribution in [0.2, 0.25) is 0 Å². The molecule has 11 heteroatoms. The number of Topliss-reactive ketones (excluding diaryl/α,β-unsaturated/α-hetero) is 1. The van der Waals surface area contributed by atoms with Gasteiger partial charge in [0.15, 0.2) is 5.78 Å². The van der Waals surface area contributed by atoms with Gasteiger partial charge in [0.05, 0.1) is 7.11 Å². The van der Waals surface area contributed by atoms with Crippen LogP contribution in [0.5, 0.6) is 5.75 Å². The number of aromatic hydroxyl groups is 1. The number of aryl methyl sites for hydroxylation is 2. The van der Waals surface area contributed by atoms with E-state index in [1.54, 1.807) is 18.2 Å². The fourth-order valence-electron chi connectivity index (χ4n) is 3.07. The second-order valence-corrected chi connectivity index (χ2v) is 8.82. The fraction of sp³-hybridized carbons (Fsp3) is 0.375. The maximum atomic E-state index is 12.7. The number of ether oxygens (including phenoxy) is 1. The molecular weight excluding hydrogens is 487 g/mol. The van der Waals surface area contributed by atoms with Crippen molar-refractivity contribution in [2.45, 2.75) is 51.6 Å². The summed E-state index contributed by atoms with van der Waals surface area (Å²) in [5.41, 5.74) is -1.27. The first-order valence-corrected chi connectivity index (χ1v) is 11.6. The number of alkyl carbamates (subject to hydrolysis) is 1. The monoisotopic (exact) mass is 513 g/mol. The third-order valence-corrected chi connectivity index (χ3v) is 5.88. The van der Waals surface area contributed by atoms with Gasteiger partial charge in [-0.2, -0.15) is 13.2 Å². The summed E-state index contributed by atoms with van der Waals surface area (Å²) < 4.78 is 46.5. The number of amides is 1. The molecule has 0 aliphatic heterocycles. The van der Waals surface area contributed by atoms with Crippen LogP contribution in [0.15, 0.2) is 45.3 Å². The fourth-order valence-corrected chi connectivity index (χ4v) is 4.13. The number of methoxy groups -OCH3 is 1. The molecular formula is C24H26F3NO6S. The predicted octanol–water partition coefficient (Wildman–Crippen LogP) is 5.77. The Kier molecular flexibility index (Phi) is 10.3. The van der Waals surface area contributed by atoms with Crippen molar-refractivity contribution in [3.63, 3.8) is 0 Å². The van der Waals surface area contributed by atoms with Gasteiger partial charge in [-0.15, -0.1) is 11.3 Å². The van der Waals surface area contributed by atoms with Gasteiger partial charge in [0, 0.05) is 34.9 Å². The zero-order valence-electron chi connectivity index (χ0n) is 19.2. The van der Waals surface area contributed by atoms with Gasteiger partial charge in [-0.05, 0) is 56.4 Å². The lowest BCUT2D eigenvalue weighted by atomic mass is 10.0. The number of carbonyl (C=O) groups excluding carboxylic acids is 2. The zero-order chi connectivity index (χ0) is 26.0. The van der Waals surface area contributed by atoms with E-state index in [0.29, 0.717) is 24.1 Å². The summed E-state index contributed by atoms with van der Waals surface area (Å²) in [5, 5.41) is 12.7. The van der Waals surface area contributed by atoms with Crippen LogP contribution in [-0.2, 0) is 17.6 Å². The van der Waals surface area contributed by atoms with E-state index in [1.807, 2.05) is 0 Å². The lowest BCUT2D eigenvalue weighted by molar-refractivity contribution is -0.135. The minimum absolute atomic E-state index is 0.0208. The van der Waals surface area contributed by atoms with E-state index in [0.717, 1.165) is 4.88 Å². The number of thiophene rings is 1. The van der Waals surface area contributed by atoms with E-state index < -0.39 is 41.4 Å². The van der Waals surface area contributed by atoms with E-state index in [-0.39, 0.29) is 24.2 Å². The number of hydrogen-bond acceptors (Lipinski definition) is 7. The van der Waals surface area contributed by atoms with Crippen molar-refractivity contribution < 1.29 is 37.0 Å². The molecule has 0 bridgehead atoms. The quantitative estimate of drug-likeness (QED) is 0.225. The Morgan fingerprint density at radius 2 is 1.97 bits per heavy atom. The molecule has 0 saturated heterocycles. The first kappa shape index (κ1) is 27.9. The molecule has 2 aromatic heterocycles. The minimum atomic E-state index is -4.19. The van der Waals surface area contributed by atoms with Gasteiger partial charge >= 0.3 is 17.9 Å². The highest BCUT2D eigenvalue weighted by atomic mass is 32.1. The van der Waals surface area contributed by atoms with Crippen molar-refractivity contribution in [3.05, 3.63) is 67.5 Å². The molecule has 190 valence electrons. The number of nitrogens with one attached hydrogen (secondary N) is 1. The molecule has 0 unspecified atom stereocenters. The molecule has 7 nitrogen and oxygen atoms in total. The molecule has 0 aromatic carbocycles. The van der Waals surface area contributed by atoms with Crippen LogP contribution in [0.4, 0.5) is 18.0 Å². The maximum absolute atomic E-state index is 12.7. The smallest absolute Gasteiger partial charge is 0.410 e. The lowest BCUT2D eigenvalue weighted by Crippen LogP contribution is -2.16. The third kappa shape index (κ3) is 9.44. The Bertz CT molecular complexity index is 1150. The Labute approximate surface area is 203 Å². The van der Waals surface area contributed by atoms with Crippen LogP contribution in [0.1, 0.15) is 58.5 Å². The summed E-state index contributed by atoms with van der Waals surface area (Å²) in [5.74, 6) is -0.982. The predicted molar refractivity (Wildman–Crippen MR) is 126 cm³/mol. The largest absolute Gasteiger partial charge is 0.507 e. The third-order valence-electron chi connectivity index (χ3n) is 4.79. The van der Waals surface area contributed by atoms with Crippen LogP contribution >= 0.6 is 11.3 Å². The van der Waals surface area contributed by atoms with E-state index in [4.69, 9.17) is 4.42 Å². The molecule has 0 atom stereocenters. The first-order chi connectivity index (χ1) is 16.5. The van der Waals surface area contributed by atoms with E-state index in [1.165, 1.54) is 43.7 Å². The Morgan fingerprint density at radius 1 is 1.23 bits per heavy atom. The number of unbranched alkanes of at least 4 members (excludes halogenated alkanes) is 1. The van der Waals surface area contributed by atoms with Gasteiger partial charge in [0.1, 0.15) is 17.1 Å². The number of hydrogen-bond donors (Lipinski definition) is 2. The van der Waals surface area contributed by atoms with Crippen LogP contribution in [-0.4, -0.2) is 30.3 Å². The highest BCUT2D eigenvalue weighted by molar-refractivity contribution is 7.12. The summed E-state index contributed by atoms with van der Waals surface area (Å²) in [7, 11) is 1.24. The first-order valence-electron chi connectivity index (χ1n) is 10.7. The average molecular weight is 514 g/mol. The minimum Gasteiger partial charge on any atom is -0.507 e. The molecule has 0 fully saturated rings. The summed E-state index contributed by atoms with van der Waals surface area (Å²) >= 11 is 1.26. The Balaban J connectivity index is 1.99. The average Bonchev–Trinajstić information content (AvgIpc) is 3.21. The summed E-state index contributed by atoms with van der Waals surface area (Å²) in [6.07, 6.45) is 0.659. The summed E-state index contributed by atoms with van der Waals surface area (Å²) in [6.45, 7) is 1.48. The zero-order valence-corrected chi connectivity index (χ0v) is 20.1. The van der Waals surface area contributed by atoms with E-state index in [2.05, 4.69) is 10.1 Å². The van der Waals surface area contributed by atoms with Crippen molar-refractivity contribution in [1.82, 2.24) is 5.32 Å².